The van der Waals surface area contributed by atoms with E-state index in [9.17, 15) is 0 Å². The molecule has 2 aromatic rings. The second kappa shape index (κ2) is 7.74. The maximum Gasteiger partial charge on any atom is 0.283 e. The lowest BCUT2D eigenvalue weighted by Gasteiger charge is -2.28. The number of rotatable bonds is 4. The monoisotopic (exact) mass is 354 g/mol. The molecule has 1 aromatic carbocycles. The SMILES string of the molecule is C=CC1C[N+](=C(NC=S)c2ccnc3ccc(OC)cc23)CCC1C. The molecule has 25 heavy (non-hydrogen) atoms. The van der Waals surface area contributed by atoms with Gasteiger partial charge in [-0.3, -0.25) is 9.56 Å². The van der Waals surface area contributed by atoms with Crippen LogP contribution in [0.2, 0.25) is 0 Å². The van der Waals surface area contributed by atoms with Crippen molar-refractivity contribution in [3.63, 3.8) is 0 Å². The number of nitrogens with zero attached hydrogens (tertiary/aromatic N) is 2. The Morgan fingerprint density at radius 2 is 2.28 bits per heavy atom. The van der Waals surface area contributed by atoms with E-state index in [1.54, 1.807) is 12.6 Å². The Hall–Kier alpha value is -2.27. The highest BCUT2D eigenvalue weighted by Crippen LogP contribution is 2.25. The number of hydrogen-bond donors (Lipinski definition) is 1. The number of ether oxygens (including phenoxy) is 1. The lowest BCUT2D eigenvalue weighted by Crippen LogP contribution is -2.41. The zero-order valence-electron chi connectivity index (χ0n) is 14.7. The molecule has 2 unspecified atom stereocenters. The summed E-state index contributed by atoms with van der Waals surface area (Å²) in [6, 6.07) is 7.98. The molecule has 0 spiro atoms. The Bertz CT molecular complexity index is 831. The molecule has 1 fully saturated rings. The fourth-order valence-corrected chi connectivity index (χ4v) is 3.57. The Morgan fingerprint density at radius 3 is 3.00 bits per heavy atom. The molecule has 0 aliphatic carbocycles. The van der Waals surface area contributed by atoms with Gasteiger partial charge in [0.2, 0.25) is 0 Å². The van der Waals surface area contributed by atoms with Crippen LogP contribution >= 0.6 is 12.2 Å². The molecule has 2 heterocycles. The van der Waals surface area contributed by atoms with Crippen LogP contribution in [0.25, 0.3) is 10.9 Å². The largest absolute Gasteiger partial charge is 0.497 e. The Balaban J connectivity index is 2.15. The van der Waals surface area contributed by atoms with Gasteiger partial charge in [-0.25, -0.2) is 5.32 Å². The summed E-state index contributed by atoms with van der Waals surface area (Å²) in [5.41, 5.74) is 3.60. The van der Waals surface area contributed by atoms with Crippen LogP contribution in [0.1, 0.15) is 18.9 Å². The van der Waals surface area contributed by atoms with Gasteiger partial charge in [0.25, 0.3) is 5.84 Å². The first-order chi connectivity index (χ1) is 12.2. The molecule has 1 saturated heterocycles. The third kappa shape index (κ3) is 3.56. The summed E-state index contributed by atoms with van der Waals surface area (Å²) in [7, 11) is 1.68. The van der Waals surface area contributed by atoms with E-state index in [0.717, 1.165) is 47.6 Å². The fourth-order valence-electron chi connectivity index (χ4n) is 3.46. The van der Waals surface area contributed by atoms with Gasteiger partial charge in [-0.15, -0.1) is 6.58 Å². The van der Waals surface area contributed by atoms with Crippen LogP contribution in [0.15, 0.2) is 43.1 Å². The van der Waals surface area contributed by atoms with Crippen molar-refractivity contribution in [2.75, 3.05) is 20.2 Å². The molecule has 0 saturated carbocycles. The van der Waals surface area contributed by atoms with Crippen molar-refractivity contribution in [3.05, 3.63) is 48.7 Å². The Morgan fingerprint density at radius 1 is 1.44 bits per heavy atom. The van der Waals surface area contributed by atoms with Crippen LogP contribution in [0, 0.1) is 11.8 Å². The van der Waals surface area contributed by atoms with Crippen molar-refractivity contribution in [2.24, 2.45) is 11.8 Å². The third-order valence-electron chi connectivity index (χ3n) is 5.03. The van der Waals surface area contributed by atoms with Crippen LogP contribution in [-0.2, 0) is 0 Å². The smallest absolute Gasteiger partial charge is 0.283 e. The summed E-state index contributed by atoms with van der Waals surface area (Å²) in [4.78, 5) is 4.48. The van der Waals surface area contributed by atoms with E-state index in [2.05, 4.69) is 34.5 Å². The van der Waals surface area contributed by atoms with Crippen molar-refractivity contribution in [2.45, 2.75) is 13.3 Å². The zero-order chi connectivity index (χ0) is 17.8. The standard InChI is InChI=1S/C20H23N3OS/c1-4-15-12-23(10-8-14(15)2)20(22-13-25)17-7-9-21-19-6-5-16(24-3)11-18(17)19/h4-7,9,11,13-15H,1,8,10,12H2,2-3H3/p+1. The molecule has 3 rings (SSSR count). The summed E-state index contributed by atoms with van der Waals surface area (Å²) < 4.78 is 7.76. The molecule has 1 aliphatic rings. The van der Waals surface area contributed by atoms with E-state index >= 15 is 0 Å². The van der Waals surface area contributed by atoms with Crippen LogP contribution in [0.5, 0.6) is 5.75 Å². The maximum atomic E-state index is 5.40. The van der Waals surface area contributed by atoms with Crippen molar-refractivity contribution < 1.29 is 9.31 Å². The van der Waals surface area contributed by atoms with Gasteiger partial charge >= 0.3 is 0 Å². The molecule has 0 radical (unpaired) electrons. The second-order valence-corrected chi connectivity index (χ2v) is 6.70. The number of fused-ring (bicyclic) bond motifs is 1. The number of hydrogen-bond acceptors (Lipinski definition) is 3. The minimum Gasteiger partial charge on any atom is -0.497 e. The highest BCUT2D eigenvalue weighted by molar-refractivity contribution is 7.78. The third-order valence-corrected chi connectivity index (χ3v) is 5.15. The highest BCUT2D eigenvalue weighted by atomic mass is 32.1. The molecule has 4 nitrogen and oxygen atoms in total. The number of thiocarbonyl (C=S) groups is 1. The number of nitrogens with one attached hydrogen (secondary N) is 1. The molecule has 1 aromatic heterocycles. The van der Waals surface area contributed by atoms with Crippen molar-refractivity contribution >= 4 is 34.4 Å². The van der Waals surface area contributed by atoms with E-state index in [1.807, 2.05) is 30.5 Å². The number of aromatic nitrogens is 1. The van der Waals surface area contributed by atoms with E-state index in [4.69, 9.17) is 17.0 Å². The highest BCUT2D eigenvalue weighted by Gasteiger charge is 2.28. The Kier molecular flexibility index (Phi) is 5.43. The van der Waals surface area contributed by atoms with Crippen LogP contribution < -0.4 is 10.1 Å². The topological polar surface area (TPSA) is 37.2 Å². The molecule has 130 valence electrons. The number of piperidine rings is 1. The summed E-state index contributed by atoms with van der Waals surface area (Å²) >= 11 is 5.11. The Labute approximate surface area is 154 Å². The van der Waals surface area contributed by atoms with E-state index in [-0.39, 0.29) is 0 Å². The van der Waals surface area contributed by atoms with Crippen LogP contribution in [0.3, 0.4) is 0 Å². The minimum atomic E-state index is 0.471. The summed E-state index contributed by atoms with van der Waals surface area (Å²) in [6.07, 6.45) is 5.04. The quantitative estimate of drug-likeness (QED) is 0.395. The van der Waals surface area contributed by atoms with Gasteiger partial charge in [0.1, 0.15) is 5.75 Å². The van der Waals surface area contributed by atoms with Gasteiger partial charge in [0.05, 0.1) is 31.3 Å². The normalized spacial score (nSPS) is 22.3. The van der Waals surface area contributed by atoms with Gasteiger partial charge in [-0.1, -0.05) is 13.0 Å². The van der Waals surface area contributed by atoms with Crippen molar-refractivity contribution in [1.29, 1.82) is 0 Å². The van der Waals surface area contributed by atoms with E-state index < -0.39 is 0 Å². The fraction of sp³-hybridized carbons (Fsp3) is 0.350. The van der Waals surface area contributed by atoms with Gasteiger partial charge in [-0.2, -0.15) is 0 Å². The maximum absolute atomic E-state index is 5.40. The zero-order valence-corrected chi connectivity index (χ0v) is 15.6. The second-order valence-electron chi connectivity index (χ2n) is 6.46. The number of pyridine rings is 1. The summed E-state index contributed by atoms with van der Waals surface area (Å²) in [5.74, 6) is 2.96. The number of methoxy groups -OCH3 is 1. The molecular weight excluding hydrogens is 330 g/mol. The average molecular weight is 354 g/mol. The van der Waals surface area contributed by atoms with Gasteiger partial charge in [0, 0.05) is 17.5 Å². The van der Waals surface area contributed by atoms with Gasteiger partial charge in [0.15, 0.2) is 5.49 Å². The van der Waals surface area contributed by atoms with E-state index in [1.165, 1.54) is 0 Å². The molecule has 0 bridgehead atoms. The predicted molar refractivity (Wildman–Crippen MR) is 107 cm³/mol. The van der Waals surface area contributed by atoms with Crippen molar-refractivity contribution in [3.8, 4) is 5.75 Å². The summed E-state index contributed by atoms with van der Waals surface area (Å²) in [5, 5.41) is 4.34. The minimum absolute atomic E-state index is 0.471. The number of amidine groups is 1. The summed E-state index contributed by atoms with van der Waals surface area (Å²) in [6.45, 7) is 8.23. The molecule has 5 heteroatoms. The first kappa shape index (κ1) is 17.5. The predicted octanol–water partition coefficient (Wildman–Crippen LogP) is 3.39. The van der Waals surface area contributed by atoms with Crippen LogP contribution in [0.4, 0.5) is 0 Å². The first-order valence-electron chi connectivity index (χ1n) is 8.55. The van der Waals surface area contributed by atoms with Crippen LogP contribution in [-0.4, -0.2) is 41.1 Å². The van der Waals surface area contributed by atoms with E-state index in [0.29, 0.717) is 11.8 Å². The molecule has 1 N–H and O–H groups in total. The van der Waals surface area contributed by atoms with Gasteiger partial charge in [-0.05, 0) is 48.8 Å². The lowest BCUT2D eigenvalue weighted by atomic mass is 9.87. The van der Waals surface area contributed by atoms with Gasteiger partial charge < -0.3 is 4.74 Å². The number of benzene rings is 1. The molecule has 1 aliphatic heterocycles. The first-order valence-corrected chi connectivity index (χ1v) is 9.02. The molecular formula is C20H24N3OS+. The average Bonchev–Trinajstić information content (AvgIpc) is 2.66. The molecule has 2 atom stereocenters. The molecule has 0 amide bonds. The van der Waals surface area contributed by atoms with Crippen molar-refractivity contribution in [1.82, 2.24) is 10.3 Å². The lowest BCUT2D eigenvalue weighted by molar-refractivity contribution is -0.548.